The molecule has 2 rings (SSSR count). The zero-order valence-corrected chi connectivity index (χ0v) is 12.7. The van der Waals surface area contributed by atoms with E-state index in [0.29, 0.717) is 16.6 Å². The molecule has 7 heteroatoms. The number of nitro groups is 1. The number of hydrogen-bond donors (Lipinski definition) is 2. The average Bonchev–Trinajstić information content (AvgIpc) is 2.91. The second-order valence-electron chi connectivity index (χ2n) is 4.84. The molecule has 108 valence electrons. The third kappa shape index (κ3) is 2.83. The van der Waals surface area contributed by atoms with Crippen LogP contribution in [0.4, 0.5) is 11.4 Å². The first-order valence-corrected chi connectivity index (χ1v) is 7.28. The van der Waals surface area contributed by atoms with Crippen molar-refractivity contribution in [3.05, 3.63) is 32.8 Å². The molecule has 1 amide bonds. The molecular weight excluding hydrogens is 326 g/mol. The van der Waals surface area contributed by atoms with Crippen LogP contribution in [-0.4, -0.2) is 22.9 Å². The number of nitrogens with one attached hydrogen (secondary N) is 2. The number of carbonyl (C=O) groups excluding carboxylic acids is 1. The third-order valence-corrected chi connectivity index (χ3v) is 4.38. The summed E-state index contributed by atoms with van der Waals surface area (Å²) in [6.07, 6.45) is 2.42. The second kappa shape index (κ2) is 5.88. The number of nitro benzene ring substituents is 1. The molecule has 0 spiro atoms. The number of benzene rings is 1. The Morgan fingerprint density at radius 3 is 2.90 bits per heavy atom. The van der Waals surface area contributed by atoms with Crippen LogP contribution in [0.2, 0.25) is 0 Å². The van der Waals surface area contributed by atoms with Gasteiger partial charge in [-0.2, -0.15) is 0 Å². The van der Waals surface area contributed by atoms with Crippen molar-refractivity contribution in [1.29, 1.82) is 0 Å². The van der Waals surface area contributed by atoms with Crippen molar-refractivity contribution in [3.63, 3.8) is 0 Å². The molecular formula is C13H16BrN3O3. The van der Waals surface area contributed by atoms with Gasteiger partial charge >= 0.3 is 0 Å². The standard InChI is InChI=1S/C13H16BrN3O3/c1-2-13(6-3-7-15-13)12(18)16-11-8-9(17(19)20)4-5-10(11)14/h4-5,8,15H,2-3,6-7H2,1H3,(H,16,18). The number of hydrogen-bond acceptors (Lipinski definition) is 4. The van der Waals surface area contributed by atoms with E-state index in [2.05, 4.69) is 26.6 Å². The average molecular weight is 342 g/mol. The summed E-state index contributed by atoms with van der Waals surface area (Å²) < 4.78 is 0.626. The second-order valence-corrected chi connectivity index (χ2v) is 5.70. The van der Waals surface area contributed by atoms with Crippen LogP contribution in [0.5, 0.6) is 0 Å². The highest BCUT2D eigenvalue weighted by molar-refractivity contribution is 9.10. The molecule has 20 heavy (non-hydrogen) atoms. The van der Waals surface area contributed by atoms with E-state index in [1.807, 2.05) is 6.92 Å². The van der Waals surface area contributed by atoms with Crippen molar-refractivity contribution < 1.29 is 9.72 Å². The predicted octanol–water partition coefficient (Wildman–Crippen LogP) is 2.83. The molecule has 2 N–H and O–H groups in total. The topological polar surface area (TPSA) is 84.3 Å². The summed E-state index contributed by atoms with van der Waals surface area (Å²) in [5, 5.41) is 16.8. The van der Waals surface area contributed by atoms with Gasteiger partial charge in [0.25, 0.3) is 5.69 Å². The Bertz CT molecular complexity index is 542. The van der Waals surface area contributed by atoms with E-state index < -0.39 is 10.5 Å². The smallest absolute Gasteiger partial charge is 0.271 e. The normalized spacial score (nSPS) is 21.7. The number of nitrogens with zero attached hydrogens (tertiary/aromatic N) is 1. The number of amides is 1. The van der Waals surface area contributed by atoms with Gasteiger partial charge in [-0.25, -0.2) is 0 Å². The van der Waals surface area contributed by atoms with Crippen molar-refractivity contribution in [2.45, 2.75) is 31.7 Å². The van der Waals surface area contributed by atoms with Crippen molar-refractivity contribution in [2.75, 3.05) is 11.9 Å². The monoisotopic (exact) mass is 341 g/mol. The summed E-state index contributed by atoms with van der Waals surface area (Å²) >= 11 is 3.30. The highest BCUT2D eigenvalue weighted by Gasteiger charge is 2.39. The van der Waals surface area contributed by atoms with E-state index in [0.717, 1.165) is 19.4 Å². The molecule has 0 aromatic heterocycles. The minimum absolute atomic E-state index is 0.0478. The lowest BCUT2D eigenvalue weighted by Crippen LogP contribution is -2.50. The Hall–Kier alpha value is -1.47. The van der Waals surface area contributed by atoms with Crippen LogP contribution in [0, 0.1) is 10.1 Å². The highest BCUT2D eigenvalue weighted by Crippen LogP contribution is 2.30. The fourth-order valence-corrected chi connectivity index (χ4v) is 2.77. The van der Waals surface area contributed by atoms with Gasteiger partial charge in [0, 0.05) is 16.6 Å². The zero-order valence-electron chi connectivity index (χ0n) is 11.1. The van der Waals surface area contributed by atoms with Crippen LogP contribution in [-0.2, 0) is 4.79 Å². The number of rotatable bonds is 4. The minimum atomic E-state index is -0.565. The molecule has 1 aromatic carbocycles. The number of anilines is 1. The molecule has 0 bridgehead atoms. The number of non-ortho nitro benzene ring substituents is 1. The Kier molecular flexibility index (Phi) is 4.39. The molecule has 1 atom stereocenters. The Morgan fingerprint density at radius 2 is 2.35 bits per heavy atom. The predicted molar refractivity (Wildman–Crippen MR) is 79.7 cm³/mol. The quantitative estimate of drug-likeness (QED) is 0.651. The first-order chi connectivity index (χ1) is 9.48. The summed E-state index contributed by atoms with van der Waals surface area (Å²) in [5.74, 6) is -0.140. The van der Waals surface area contributed by atoms with Gasteiger partial charge in [0.15, 0.2) is 0 Å². The van der Waals surface area contributed by atoms with E-state index in [9.17, 15) is 14.9 Å². The third-order valence-electron chi connectivity index (χ3n) is 3.69. The maximum atomic E-state index is 12.4. The molecule has 1 fully saturated rings. The molecule has 0 aliphatic carbocycles. The van der Waals surface area contributed by atoms with Gasteiger partial charge in [0.2, 0.25) is 5.91 Å². The molecule has 0 saturated carbocycles. The fourth-order valence-electron chi connectivity index (χ4n) is 2.43. The number of carbonyl (C=O) groups is 1. The lowest BCUT2D eigenvalue weighted by atomic mass is 9.93. The maximum absolute atomic E-state index is 12.4. The molecule has 1 unspecified atom stereocenters. The van der Waals surface area contributed by atoms with E-state index in [-0.39, 0.29) is 11.6 Å². The largest absolute Gasteiger partial charge is 0.323 e. The van der Waals surface area contributed by atoms with Gasteiger partial charge in [-0.05, 0) is 47.8 Å². The SMILES string of the molecule is CCC1(C(=O)Nc2cc([N+](=O)[O-])ccc2Br)CCCN1. The van der Waals surface area contributed by atoms with Gasteiger partial charge in [-0.15, -0.1) is 0 Å². The van der Waals surface area contributed by atoms with Crippen LogP contribution in [0.15, 0.2) is 22.7 Å². The van der Waals surface area contributed by atoms with E-state index in [1.165, 1.54) is 12.1 Å². The lowest BCUT2D eigenvalue weighted by molar-refractivity contribution is -0.384. The van der Waals surface area contributed by atoms with Gasteiger partial charge in [-0.1, -0.05) is 6.92 Å². The fraction of sp³-hybridized carbons (Fsp3) is 0.462. The molecule has 1 aliphatic heterocycles. The number of halogens is 1. The Balaban J connectivity index is 2.23. The molecule has 1 saturated heterocycles. The molecule has 1 heterocycles. The van der Waals surface area contributed by atoms with Gasteiger partial charge in [-0.3, -0.25) is 14.9 Å². The first-order valence-electron chi connectivity index (χ1n) is 6.49. The van der Waals surface area contributed by atoms with Gasteiger partial charge in [0.05, 0.1) is 16.1 Å². The van der Waals surface area contributed by atoms with Crippen molar-refractivity contribution in [3.8, 4) is 0 Å². The molecule has 1 aliphatic rings. The Morgan fingerprint density at radius 1 is 1.60 bits per heavy atom. The van der Waals surface area contributed by atoms with E-state index >= 15 is 0 Å². The molecule has 0 radical (unpaired) electrons. The van der Waals surface area contributed by atoms with Crippen molar-refractivity contribution in [1.82, 2.24) is 5.32 Å². The minimum Gasteiger partial charge on any atom is -0.323 e. The van der Waals surface area contributed by atoms with Crippen molar-refractivity contribution >= 4 is 33.2 Å². The van der Waals surface area contributed by atoms with Gasteiger partial charge < -0.3 is 10.6 Å². The summed E-state index contributed by atoms with van der Waals surface area (Å²) in [5.41, 5.74) is -0.191. The summed E-state index contributed by atoms with van der Waals surface area (Å²) in [6.45, 7) is 2.78. The van der Waals surface area contributed by atoms with Crippen LogP contribution in [0.3, 0.4) is 0 Å². The first kappa shape index (κ1) is 14.9. The van der Waals surface area contributed by atoms with E-state index in [1.54, 1.807) is 6.07 Å². The van der Waals surface area contributed by atoms with Crippen LogP contribution in [0.1, 0.15) is 26.2 Å². The summed E-state index contributed by atoms with van der Waals surface area (Å²) in [7, 11) is 0. The van der Waals surface area contributed by atoms with E-state index in [4.69, 9.17) is 0 Å². The maximum Gasteiger partial charge on any atom is 0.271 e. The molecule has 1 aromatic rings. The lowest BCUT2D eigenvalue weighted by Gasteiger charge is -2.26. The summed E-state index contributed by atoms with van der Waals surface area (Å²) in [4.78, 5) is 22.7. The highest BCUT2D eigenvalue weighted by atomic mass is 79.9. The zero-order chi connectivity index (χ0) is 14.8. The van der Waals surface area contributed by atoms with Crippen LogP contribution in [0.25, 0.3) is 0 Å². The molecule has 6 nitrogen and oxygen atoms in total. The summed E-state index contributed by atoms with van der Waals surface area (Å²) in [6, 6.07) is 4.32. The van der Waals surface area contributed by atoms with Crippen molar-refractivity contribution in [2.24, 2.45) is 0 Å². The Labute approximate surface area is 125 Å². The van der Waals surface area contributed by atoms with Gasteiger partial charge in [0.1, 0.15) is 0 Å². The van der Waals surface area contributed by atoms with Crippen LogP contribution >= 0.6 is 15.9 Å². The van der Waals surface area contributed by atoms with Crippen LogP contribution < -0.4 is 10.6 Å².